The molecule has 2 aliphatic rings. The number of likely N-dealkylation sites (tertiary alicyclic amines) is 1. The highest BCUT2D eigenvalue weighted by atomic mass is 19.1. The Hall–Kier alpha value is -2.40. The van der Waals surface area contributed by atoms with Crippen molar-refractivity contribution in [2.45, 2.75) is 43.4 Å². The normalized spacial score (nSPS) is 29.5. The molecule has 4 rings (SSSR count). The minimum Gasteiger partial charge on any atom is -0.465 e. The fraction of sp³-hybridized carbons (Fsp3) is 0.435. The van der Waals surface area contributed by atoms with E-state index >= 15 is 4.39 Å². The zero-order valence-corrected chi connectivity index (χ0v) is 15.9. The third-order valence-corrected chi connectivity index (χ3v) is 6.08. The van der Waals surface area contributed by atoms with Gasteiger partial charge >= 0.3 is 6.09 Å². The van der Waals surface area contributed by atoms with Crippen LogP contribution in [0, 0.1) is 5.92 Å². The van der Waals surface area contributed by atoms with E-state index in [1.54, 1.807) is 0 Å². The maximum Gasteiger partial charge on any atom is 0.409 e. The Morgan fingerprint density at radius 3 is 2.50 bits per heavy atom. The van der Waals surface area contributed by atoms with Crippen LogP contribution in [0.1, 0.15) is 36.3 Å². The number of halogens is 1. The molecule has 0 aromatic heterocycles. The number of rotatable bonds is 6. The van der Waals surface area contributed by atoms with E-state index in [-0.39, 0.29) is 25.3 Å². The number of piperidine rings is 1. The van der Waals surface area contributed by atoms with Crippen LogP contribution in [-0.4, -0.2) is 41.0 Å². The van der Waals surface area contributed by atoms with Crippen molar-refractivity contribution in [1.29, 1.82) is 0 Å². The molecule has 4 nitrogen and oxygen atoms in total. The number of hydrogen-bond donors (Lipinski definition) is 2. The van der Waals surface area contributed by atoms with Gasteiger partial charge in [-0.2, -0.15) is 0 Å². The SMILES string of the molecule is O=C(O)N1CCC(CN[C@@H]2C[C@H]2c2ccccc2)CC1(F)Cc1ccccc1. The third kappa shape index (κ3) is 4.20. The van der Waals surface area contributed by atoms with E-state index in [0.29, 0.717) is 18.4 Å². The van der Waals surface area contributed by atoms with Gasteiger partial charge in [0, 0.05) is 31.3 Å². The molecule has 5 heteroatoms. The summed E-state index contributed by atoms with van der Waals surface area (Å²) in [5, 5.41) is 13.1. The van der Waals surface area contributed by atoms with E-state index in [4.69, 9.17) is 0 Å². The summed E-state index contributed by atoms with van der Waals surface area (Å²) in [5.41, 5.74) is 2.18. The van der Waals surface area contributed by atoms with Crippen molar-refractivity contribution in [3.63, 3.8) is 0 Å². The Bertz CT molecular complexity index is 801. The summed E-state index contributed by atoms with van der Waals surface area (Å²) in [6.07, 6.45) is 0.984. The lowest BCUT2D eigenvalue weighted by Gasteiger charge is -2.43. The molecular weight excluding hydrogens is 355 g/mol. The minimum atomic E-state index is -1.85. The average Bonchev–Trinajstić information content (AvgIpc) is 3.47. The van der Waals surface area contributed by atoms with Crippen molar-refractivity contribution in [3.05, 3.63) is 71.8 Å². The van der Waals surface area contributed by atoms with Gasteiger partial charge < -0.3 is 10.4 Å². The number of nitrogens with zero attached hydrogens (tertiary/aromatic N) is 1. The highest BCUT2D eigenvalue weighted by Crippen LogP contribution is 2.41. The first kappa shape index (κ1) is 18.9. The van der Waals surface area contributed by atoms with E-state index in [9.17, 15) is 9.90 Å². The van der Waals surface area contributed by atoms with Crippen molar-refractivity contribution < 1.29 is 14.3 Å². The van der Waals surface area contributed by atoms with Crippen LogP contribution < -0.4 is 5.32 Å². The molecule has 1 aliphatic heterocycles. The number of benzene rings is 2. The molecule has 1 heterocycles. The molecule has 0 radical (unpaired) electrons. The smallest absolute Gasteiger partial charge is 0.409 e. The Labute approximate surface area is 165 Å². The minimum absolute atomic E-state index is 0.104. The topological polar surface area (TPSA) is 52.6 Å². The van der Waals surface area contributed by atoms with Gasteiger partial charge in [0.2, 0.25) is 0 Å². The standard InChI is InChI=1S/C23H27FN2O2/c24-23(14-17-7-3-1-4-8-17)15-18(11-12-26(23)22(27)28)16-25-21-13-20(21)19-9-5-2-6-10-19/h1-10,18,20-21,25H,11-16H2,(H,27,28)/t18?,20-,21+,23?/m0/s1. The summed E-state index contributed by atoms with van der Waals surface area (Å²) in [5.74, 6) is -1.17. The quantitative estimate of drug-likeness (QED) is 0.727. The van der Waals surface area contributed by atoms with Crippen LogP contribution in [0.2, 0.25) is 0 Å². The van der Waals surface area contributed by atoms with Crippen LogP contribution in [0.15, 0.2) is 60.7 Å². The van der Waals surface area contributed by atoms with Gasteiger partial charge in [0.1, 0.15) is 0 Å². The summed E-state index contributed by atoms with van der Waals surface area (Å²) in [6.45, 7) is 0.986. The molecule has 1 saturated heterocycles. The number of hydrogen-bond acceptors (Lipinski definition) is 2. The van der Waals surface area contributed by atoms with Gasteiger partial charge in [0.25, 0.3) is 0 Å². The first-order valence-electron chi connectivity index (χ1n) is 10.1. The van der Waals surface area contributed by atoms with Crippen LogP contribution >= 0.6 is 0 Å². The van der Waals surface area contributed by atoms with Crippen LogP contribution in [0.4, 0.5) is 9.18 Å². The molecule has 2 aromatic rings. The molecule has 0 bridgehead atoms. The fourth-order valence-electron chi connectivity index (χ4n) is 4.49. The Morgan fingerprint density at radius 2 is 1.82 bits per heavy atom. The number of carboxylic acid groups (broad SMARTS) is 1. The molecule has 2 N–H and O–H groups in total. The largest absolute Gasteiger partial charge is 0.465 e. The first-order valence-corrected chi connectivity index (χ1v) is 10.1. The van der Waals surface area contributed by atoms with Crippen LogP contribution in [0.3, 0.4) is 0 Å². The zero-order chi connectivity index (χ0) is 19.6. The number of carbonyl (C=O) groups is 1. The molecule has 28 heavy (non-hydrogen) atoms. The third-order valence-electron chi connectivity index (χ3n) is 6.08. The van der Waals surface area contributed by atoms with Gasteiger partial charge in [-0.3, -0.25) is 4.90 Å². The fourth-order valence-corrected chi connectivity index (χ4v) is 4.49. The first-order chi connectivity index (χ1) is 13.5. The maximum absolute atomic E-state index is 15.8. The molecule has 148 valence electrons. The predicted molar refractivity (Wildman–Crippen MR) is 107 cm³/mol. The van der Waals surface area contributed by atoms with Crippen LogP contribution in [0.25, 0.3) is 0 Å². The highest BCUT2D eigenvalue weighted by molar-refractivity contribution is 5.66. The van der Waals surface area contributed by atoms with Crippen molar-refractivity contribution >= 4 is 6.09 Å². The van der Waals surface area contributed by atoms with Crippen molar-refractivity contribution in [2.24, 2.45) is 5.92 Å². The molecular formula is C23H27FN2O2. The van der Waals surface area contributed by atoms with Gasteiger partial charge in [0.15, 0.2) is 5.79 Å². The predicted octanol–water partition coefficient (Wildman–Crippen LogP) is 4.43. The van der Waals surface area contributed by atoms with Gasteiger partial charge in [-0.05, 0) is 36.4 Å². The lowest BCUT2D eigenvalue weighted by Crippen LogP contribution is -2.55. The van der Waals surface area contributed by atoms with E-state index < -0.39 is 11.9 Å². The zero-order valence-electron chi connectivity index (χ0n) is 15.9. The second-order valence-corrected chi connectivity index (χ2v) is 8.14. The molecule has 2 unspecified atom stereocenters. The van der Waals surface area contributed by atoms with Crippen LogP contribution in [-0.2, 0) is 6.42 Å². The van der Waals surface area contributed by atoms with Gasteiger partial charge in [-0.25, -0.2) is 9.18 Å². The van der Waals surface area contributed by atoms with E-state index in [1.807, 2.05) is 36.4 Å². The van der Waals surface area contributed by atoms with Crippen molar-refractivity contribution in [1.82, 2.24) is 10.2 Å². The molecule has 1 saturated carbocycles. The summed E-state index contributed by atoms with van der Waals surface area (Å²) in [6, 6.07) is 20.2. The summed E-state index contributed by atoms with van der Waals surface area (Å²) >= 11 is 0. The second-order valence-electron chi connectivity index (χ2n) is 8.14. The Morgan fingerprint density at radius 1 is 1.14 bits per heavy atom. The lowest BCUT2D eigenvalue weighted by molar-refractivity contribution is -0.0643. The van der Waals surface area contributed by atoms with Crippen molar-refractivity contribution in [3.8, 4) is 0 Å². The maximum atomic E-state index is 15.8. The number of nitrogens with one attached hydrogen (secondary N) is 1. The Kier molecular flexibility index (Phi) is 5.36. The summed E-state index contributed by atoms with van der Waals surface area (Å²) in [4.78, 5) is 12.6. The second kappa shape index (κ2) is 7.92. The highest BCUT2D eigenvalue weighted by Gasteiger charge is 2.46. The molecule has 1 aliphatic carbocycles. The van der Waals surface area contributed by atoms with Gasteiger partial charge in [-0.1, -0.05) is 60.7 Å². The van der Waals surface area contributed by atoms with Gasteiger partial charge in [0.05, 0.1) is 0 Å². The Balaban J connectivity index is 1.36. The molecule has 1 amide bonds. The molecule has 4 atom stereocenters. The van der Waals surface area contributed by atoms with Crippen molar-refractivity contribution in [2.75, 3.05) is 13.1 Å². The number of alkyl halides is 1. The monoisotopic (exact) mass is 382 g/mol. The summed E-state index contributed by atoms with van der Waals surface area (Å²) in [7, 11) is 0. The molecule has 0 spiro atoms. The lowest BCUT2D eigenvalue weighted by atomic mass is 9.85. The summed E-state index contributed by atoms with van der Waals surface area (Å²) < 4.78 is 15.8. The molecule has 2 aromatic carbocycles. The van der Waals surface area contributed by atoms with E-state index in [0.717, 1.165) is 23.4 Å². The van der Waals surface area contributed by atoms with Crippen LogP contribution in [0.5, 0.6) is 0 Å². The molecule has 2 fully saturated rings. The van der Waals surface area contributed by atoms with E-state index in [2.05, 4.69) is 29.6 Å². The van der Waals surface area contributed by atoms with E-state index in [1.165, 1.54) is 5.56 Å². The average molecular weight is 382 g/mol. The van der Waals surface area contributed by atoms with Gasteiger partial charge in [-0.15, -0.1) is 0 Å². The number of amides is 1.